The molecule has 0 saturated heterocycles. The number of anilines is 1. The molecule has 0 unspecified atom stereocenters. The Kier molecular flexibility index (Phi) is 3.08. The van der Waals surface area contributed by atoms with Gasteiger partial charge in [-0.15, -0.1) is 0 Å². The molecule has 5 heteroatoms. The molecular weight excluding hydrogens is 214 g/mol. The van der Waals surface area contributed by atoms with Crippen LogP contribution in [0.4, 0.5) is 5.95 Å². The largest absolute Gasteiger partial charge is 0.347 e. The maximum Gasteiger partial charge on any atom is 0.225 e. The number of nitrogens with zero attached hydrogens (tertiary/aromatic N) is 4. The normalized spacial score (nSPS) is 10.6. The first-order chi connectivity index (χ1) is 8.10. The highest BCUT2D eigenvalue weighted by Gasteiger charge is 2.09. The van der Waals surface area contributed by atoms with Crippen LogP contribution in [0, 0.1) is 6.92 Å². The third kappa shape index (κ3) is 2.43. The number of hydrogen-bond donors (Lipinski definition) is 1. The topological polar surface area (TPSA) is 57.7 Å². The van der Waals surface area contributed by atoms with Crippen molar-refractivity contribution in [1.29, 1.82) is 0 Å². The summed E-state index contributed by atoms with van der Waals surface area (Å²) < 4.78 is 0. The van der Waals surface area contributed by atoms with Crippen LogP contribution in [0.15, 0.2) is 12.1 Å². The Morgan fingerprint density at radius 3 is 2.47 bits per heavy atom. The van der Waals surface area contributed by atoms with Gasteiger partial charge < -0.3 is 4.90 Å². The van der Waals surface area contributed by atoms with Gasteiger partial charge in [0.15, 0.2) is 0 Å². The lowest BCUT2D eigenvalue weighted by Gasteiger charge is -2.12. The minimum absolute atomic E-state index is 0.722. The van der Waals surface area contributed by atoms with E-state index in [1.807, 2.05) is 38.1 Å². The Bertz CT molecular complexity index is 515. The zero-order chi connectivity index (χ0) is 12.4. The molecule has 0 saturated carbocycles. The number of aryl methyl sites for hydroxylation is 2. The van der Waals surface area contributed by atoms with Gasteiger partial charge in [0, 0.05) is 25.5 Å². The lowest BCUT2D eigenvalue weighted by atomic mass is 10.2. The van der Waals surface area contributed by atoms with Gasteiger partial charge in [-0.2, -0.15) is 5.10 Å². The molecule has 2 aromatic rings. The summed E-state index contributed by atoms with van der Waals surface area (Å²) >= 11 is 0. The Labute approximate surface area is 101 Å². The molecular formula is C12H17N5. The summed E-state index contributed by atoms with van der Waals surface area (Å²) in [6.07, 6.45) is 0.889. The molecule has 0 aliphatic carbocycles. The Morgan fingerprint density at radius 2 is 1.94 bits per heavy atom. The van der Waals surface area contributed by atoms with Crippen LogP contribution >= 0.6 is 0 Å². The summed E-state index contributed by atoms with van der Waals surface area (Å²) in [6.45, 7) is 4.06. The van der Waals surface area contributed by atoms with Crippen LogP contribution in [0.5, 0.6) is 0 Å². The van der Waals surface area contributed by atoms with Crippen LogP contribution in [-0.4, -0.2) is 34.3 Å². The molecule has 2 heterocycles. The minimum atomic E-state index is 0.722. The molecule has 0 atom stereocenters. The van der Waals surface area contributed by atoms with E-state index >= 15 is 0 Å². The number of hydrogen-bond acceptors (Lipinski definition) is 4. The smallest absolute Gasteiger partial charge is 0.225 e. The fourth-order valence-electron chi connectivity index (χ4n) is 1.55. The van der Waals surface area contributed by atoms with Crippen molar-refractivity contribution >= 4 is 5.95 Å². The fraction of sp³-hybridized carbons (Fsp3) is 0.417. The highest BCUT2D eigenvalue weighted by atomic mass is 15.2. The monoisotopic (exact) mass is 231 g/mol. The molecule has 90 valence electrons. The second-order valence-corrected chi connectivity index (χ2v) is 4.23. The summed E-state index contributed by atoms with van der Waals surface area (Å²) in [6, 6.07) is 3.98. The predicted octanol–water partition coefficient (Wildman–Crippen LogP) is 1.80. The maximum atomic E-state index is 4.50. The van der Waals surface area contributed by atoms with Gasteiger partial charge in [-0.3, -0.25) is 5.10 Å². The minimum Gasteiger partial charge on any atom is -0.347 e. The van der Waals surface area contributed by atoms with Crippen molar-refractivity contribution in [2.45, 2.75) is 20.3 Å². The highest BCUT2D eigenvalue weighted by Crippen LogP contribution is 2.19. The Morgan fingerprint density at radius 1 is 1.18 bits per heavy atom. The summed E-state index contributed by atoms with van der Waals surface area (Å²) in [4.78, 5) is 10.9. The van der Waals surface area contributed by atoms with Crippen LogP contribution < -0.4 is 4.90 Å². The second kappa shape index (κ2) is 4.53. The standard InChI is InChI=1S/C12H17N5/c1-5-9-7-10(11-6-8(2)15-16-11)14-12(13-9)17(3)4/h6-7H,5H2,1-4H3,(H,15,16). The zero-order valence-electron chi connectivity index (χ0n) is 10.7. The first-order valence-corrected chi connectivity index (χ1v) is 5.68. The van der Waals surface area contributed by atoms with Crippen LogP contribution in [0.3, 0.4) is 0 Å². The molecule has 0 radical (unpaired) electrons. The van der Waals surface area contributed by atoms with E-state index < -0.39 is 0 Å². The van der Waals surface area contributed by atoms with E-state index in [2.05, 4.69) is 27.1 Å². The number of H-pyrrole nitrogens is 1. The van der Waals surface area contributed by atoms with Crippen LogP contribution in [0.25, 0.3) is 11.4 Å². The SMILES string of the molecule is CCc1cc(-c2cc(C)[nH]n2)nc(N(C)C)n1. The molecule has 17 heavy (non-hydrogen) atoms. The van der Waals surface area contributed by atoms with E-state index in [-0.39, 0.29) is 0 Å². The van der Waals surface area contributed by atoms with Crippen molar-refractivity contribution in [3.8, 4) is 11.4 Å². The quantitative estimate of drug-likeness (QED) is 0.875. The number of nitrogens with one attached hydrogen (secondary N) is 1. The van der Waals surface area contributed by atoms with Gasteiger partial charge >= 0.3 is 0 Å². The second-order valence-electron chi connectivity index (χ2n) is 4.23. The number of aromatic amines is 1. The predicted molar refractivity (Wildman–Crippen MR) is 68.1 cm³/mol. The van der Waals surface area contributed by atoms with Crippen molar-refractivity contribution in [1.82, 2.24) is 20.2 Å². The number of rotatable bonds is 3. The molecule has 0 spiro atoms. The van der Waals surface area contributed by atoms with Gasteiger partial charge in [0.05, 0.1) is 5.69 Å². The van der Waals surface area contributed by atoms with Crippen molar-refractivity contribution in [3.63, 3.8) is 0 Å². The van der Waals surface area contributed by atoms with Crippen LogP contribution in [-0.2, 0) is 6.42 Å². The van der Waals surface area contributed by atoms with E-state index in [4.69, 9.17) is 0 Å². The molecule has 1 N–H and O–H groups in total. The third-order valence-electron chi connectivity index (χ3n) is 2.50. The Balaban J connectivity index is 2.49. The summed E-state index contributed by atoms with van der Waals surface area (Å²) in [5, 5.41) is 7.16. The third-order valence-corrected chi connectivity index (χ3v) is 2.50. The molecule has 2 aromatic heterocycles. The van der Waals surface area contributed by atoms with Crippen molar-refractivity contribution in [3.05, 3.63) is 23.5 Å². The van der Waals surface area contributed by atoms with Crippen molar-refractivity contribution in [2.24, 2.45) is 0 Å². The number of aromatic nitrogens is 4. The molecule has 5 nitrogen and oxygen atoms in total. The molecule has 0 aliphatic heterocycles. The van der Waals surface area contributed by atoms with Crippen molar-refractivity contribution in [2.75, 3.05) is 19.0 Å². The summed E-state index contributed by atoms with van der Waals surface area (Å²) in [5.41, 5.74) is 3.79. The first kappa shape index (κ1) is 11.6. The maximum absolute atomic E-state index is 4.50. The van der Waals surface area contributed by atoms with Crippen LogP contribution in [0.2, 0.25) is 0 Å². The molecule has 0 fully saturated rings. The van der Waals surface area contributed by atoms with Gasteiger partial charge in [-0.05, 0) is 25.5 Å². The van der Waals surface area contributed by atoms with Gasteiger partial charge in [-0.1, -0.05) is 6.92 Å². The summed E-state index contributed by atoms with van der Waals surface area (Å²) in [5.74, 6) is 0.722. The lowest BCUT2D eigenvalue weighted by molar-refractivity contribution is 0.938. The molecule has 2 rings (SSSR count). The highest BCUT2D eigenvalue weighted by molar-refractivity contribution is 5.56. The molecule has 0 aliphatic rings. The first-order valence-electron chi connectivity index (χ1n) is 5.68. The van der Waals surface area contributed by atoms with E-state index in [0.29, 0.717) is 0 Å². The van der Waals surface area contributed by atoms with E-state index in [9.17, 15) is 0 Å². The van der Waals surface area contributed by atoms with E-state index in [1.54, 1.807) is 0 Å². The molecule has 0 aromatic carbocycles. The van der Waals surface area contributed by atoms with Gasteiger partial charge in [0.2, 0.25) is 5.95 Å². The van der Waals surface area contributed by atoms with Crippen molar-refractivity contribution < 1.29 is 0 Å². The average molecular weight is 231 g/mol. The van der Waals surface area contributed by atoms with Crippen LogP contribution in [0.1, 0.15) is 18.3 Å². The van der Waals surface area contributed by atoms with Gasteiger partial charge in [-0.25, -0.2) is 9.97 Å². The Hall–Kier alpha value is -1.91. The van der Waals surface area contributed by atoms with E-state index in [1.165, 1.54) is 0 Å². The van der Waals surface area contributed by atoms with E-state index in [0.717, 1.165) is 35.1 Å². The summed E-state index contributed by atoms with van der Waals surface area (Å²) in [7, 11) is 3.88. The van der Waals surface area contributed by atoms with Gasteiger partial charge in [0.25, 0.3) is 0 Å². The van der Waals surface area contributed by atoms with Gasteiger partial charge in [0.1, 0.15) is 5.69 Å². The molecule has 0 amide bonds. The zero-order valence-corrected chi connectivity index (χ0v) is 10.7. The average Bonchev–Trinajstić information content (AvgIpc) is 2.75. The molecule has 0 bridgehead atoms. The lowest BCUT2D eigenvalue weighted by Crippen LogP contribution is -2.14. The fourth-order valence-corrected chi connectivity index (χ4v) is 1.55.